The molecule has 3 nitrogen and oxygen atoms in total. The van der Waals surface area contributed by atoms with E-state index < -0.39 is 0 Å². The number of amides is 1. The van der Waals surface area contributed by atoms with Crippen LogP contribution in [0.5, 0.6) is 0 Å². The Kier molecular flexibility index (Phi) is 3.73. The maximum absolute atomic E-state index is 13.0. The molecule has 6 aliphatic rings. The molecule has 3 heteroatoms. The highest BCUT2D eigenvalue weighted by Gasteiger charge is 2.52. The molecule has 0 radical (unpaired) electrons. The highest BCUT2D eigenvalue weighted by atomic mass is 16.2. The van der Waals surface area contributed by atoms with Crippen LogP contribution in [0.3, 0.4) is 0 Å². The topological polar surface area (TPSA) is 23.6 Å². The van der Waals surface area contributed by atoms with Crippen molar-refractivity contribution in [3.8, 4) is 0 Å². The number of likely N-dealkylation sites (tertiary alicyclic amines) is 1. The van der Waals surface area contributed by atoms with Crippen LogP contribution in [-0.2, 0) is 17.8 Å². The number of hydrogen-bond donors (Lipinski definition) is 0. The van der Waals surface area contributed by atoms with Crippen LogP contribution in [0.25, 0.3) is 0 Å². The van der Waals surface area contributed by atoms with Crippen LogP contribution in [-0.4, -0.2) is 41.4 Å². The van der Waals surface area contributed by atoms with Gasteiger partial charge in [0.15, 0.2) is 0 Å². The SMILES string of the molecule is O=C(CC12CC3CC(CC(C3)C1)C2)N1CC(N2CCc3ccccc3C2)C1. The summed E-state index contributed by atoms with van der Waals surface area (Å²) in [6.45, 7) is 4.15. The predicted octanol–water partition coefficient (Wildman–Crippen LogP) is 3.86. The average molecular weight is 365 g/mol. The third-order valence-electron chi connectivity index (χ3n) is 8.58. The number of carbonyl (C=O) groups is 1. The molecule has 5 fully saturated rings. The Morgan fingerprint density at radius 1 is 0.963 bits per heavy atom. The fourth-order valence-electron chi connectivity index (χ4n) is 7.66. The van der Waals surface area contributed by atoms with E-state index in [-0.39, 0.29) is 0 Å². The van der Waals surface area contributed by atoms with Crippen molar-refractivity contribution in [2.24, 2.45) is 23.2 Å². The fraction of sp³-hybridized carbons (Fsp3) is 0.708. The van der Waals surface area contributed by atoms with Gasteiger partial charge in [-0.25, -0.2) is 0 Å². The zero-order valence-corrected chi connectivity index (χ0v) is 16.4. The molecule has 1 amide bonds. The van der Waals surface area contributed by atoms with Crippen LogP contribution in [0.15, 0.2) is 24.3 Å². The molecule has 0 unspecified atom stereocenters. The zero-order chi connectivity index (χ0) is 18.0. The van der Waals surface area contributed by atoms with Gasteiger partial charge in [0.2, 0.25) is 5.91 Å². The van der Waals surface area contributed by atoms with E-state index in [2.05, 4.69) is 34.1 Å². The summed E-state index contributed by atoms with van der Waals surface area (Å²) in [5.41, 5.74) is 3.39. The molecule has 4 saturated carbocycles. The molecule has 2 heterocycles. The van der Waals surface area contributed by atoms with Crippen molar-refractivity contribution in [2.75, 3.05) is 19.6 Å². The second kappa shape index (κ2) is 6.07. The molecule has 4 aliphatic carbocycles. The van der Waals surface area contributed by atoms with E-state index in [1.165, 1.54) is 49.7 Å². The lowest BCUT2D eigenvalue weighted by Gasteiger charge is -2.57. The van der Waals surface area contributed by atoms with Gasteiger partial charge in [0.1, 0.15) is 0 Å². The summed E-state index contributed by atoms with van der Waals surface area (Å²) in [6.07, 6.45) is 10.5. The molecule has 0 N–H and O–H groups in total. The Hall–Kier alpha value is -1.35. The first kappa shape index (κ1) is 16.6. The summed E-state index contributed by atoms with van der Waals surface area (Å²) in [7, 11) is 0. The van der Waals surface area contributed by atoms with Crippen LogP contribution in [0.2, 0.25) is 0 Å². The first-order chi connectivity index (χ1) is 13.2. The summed E-state index contributed by atoms with van der Waals surface area (Å²) in [6, 6.07) is 9.44. The van der Waals surface area contributed by atoms with Gasteiger partial charge < -0.3 is 4.90 Å². The van der Waals surface area contributed by atoms with E-state index in [0.717, 1.165) is 56.8 Å². The van der Waals surface area contributed by atoms with E-state index in [1.807, 2.05) is 0 Å². The maximum atomic E-state index is 13.0. The summed E-state index contributed by atoms with van der Waals surface area (Å²) in [4.78, 5) is 17.8. The summed E-state index contributed by atoms with van der Waals surface area (Å²) in [5.74, 6) is 3.30. The lowest BCUT2D eigenvalue weighted by molar-refractivity contribution is -0.147. The van der Waals surface area contributed by atoms with Gasteiger partial charge in [-0.05, 0) is 79.2 Å². The summed E-state index contributed by atoms with van der Waals surface area (Å²) in [5, 5.41) is 0. The maximum Gasteiger partial charge on any atom is 0.223 e. The second-order valence-corrected chi connectivity index (χ2v) is 10.5. The molecule has 7 rings (SSSR count). The Morgan fingerprint density at radius 3 is 2.26 bits per heavy atom. The molecule has 1 aromatic rings. The van der Waals surface area contributed by atoms with Crippen LogP contribution < -0.4 is 0 Å². The largest absolute Gasteiger partial charge is 0.339 e. The Balaban J connectivity index is 1.06. The number of fused-ring (bicyclic) bond motifs is 1. The smallest absolute Gasteiger partial charge is 0.223 e. The normalized spacial score (nSPS) is 37.9. The number of rotatable bonds is 3. The Morgan fingerprint density at radius 2 is 1.59 bits per heavy atom. The minimum Gasteiger partial charge on any atom is -0.339 e. The molecule has 4 bridgehead atoms. The van der Waals surface area contributed by atoms with Crippen molar-refractivity contribution in [1.82, 2.24) is 9.80 Å². The van der Waals surface area contributed by atoms with E-state index in [4.69, 9.17) is 0 Å². The van der Waals surface area contributed by atoms with Gasteiger partial charge in [-0.1, -0.05) is 24.3 Å². The predicted molar refractivity (Wildman–Crippen MR) is 106 cm³/mol. The molecule has 1 aromatic carbocycles. The van der Waals surface area contributed by atoms with Crippen molar-refractivity contribution in [2.45, 2.75) is 64.0 Å². The van der Waals surface area contributed by atoms with E-state index in [0.29, 0.717) is 17.4 Å². The van der Waals surface area contributed by atoms with E-state index >= 15 is 0 Å². The molecule has 0 aromatic heterocycles. The summed E-state index contributed by atoms with van der Waals surface area (Å²) < 4.78 is 0. The fourth-order valence-corrected chi connectivity index (χ4v) is 7.66. The van der Waals surface area contributed by atoms with Crippen LogP contribution >= 0.6 is 0 Å². The van der Waals surface area contributed by atoms with E-state index in [1.54, 1.807) is 0 Å². The molecule has 2 aliphatic heterocycles. The minimum atomic E-state index is 0.390. The van der Waals surface area contributed by atoms with Crippen molar-refractivity contribution >= 4 is 5.91 Å². The Labute approximate surface area is 163 Å². The molecular formula is C24H32N2O. The van der Waals surface area contributed by atoms with Crippen molar-refractivity contribution in [3.63, 3.8) is 0 Å². The molecular weight excluding hydrogens is 332 g/mol. The van der Waals surface area contributed by atoms with Crippen molar-refractivity contribution < 1.29 is 4.79 Å². The zero-order valence-electron chi connectivity index (χ0n) is 16.4. The number of nitrogens with zero attached hydrogens (tertiary/aromatic N) is 2. The monoisotopic (exact) mass is 364 g/mol. The number of hydrogen-bond acceptors (Lipinski definition) is 2. The van der Waals surface area contributed by atoms with Gasteiger partial charge in [0.05, 0.1) is 0 Å². The standard InChI is InChI=1S/C24H32N2O/c27-23(13-24-10-17-7-18(11-24)9-19(8-17)12-24)26-15-22(16-26)25-6-5-20-3-1-2-4-21(20)14-25/h1-4,17-19,22H,5-16H2. The molecule has 0 spiro atoms. The van der Waals surface area contributed by atoms with Gasteiger partial charge in [-0.2, -0.15) is 0 Å². The van der Waals surface area contributed by atoms with Gasteiger partial charge >= 0.3 is 0 Å². The lowest BCUT2D eigenvalue weighted by Crippen LogP contribution is -2.62. The molecule has 27 heavy (non-hydrogen) atoms. The van der Waals surface area contributed by atoms with Crippen LogP contribution in [0.1, 0.15) is 56.1 Å². The molecule has 144 valence electrons. The van der Waals surface area contributed by atoms with Gasteiger partial charge in [-0.3, -0.25) is 9.69 Å². The highest BCUT2D eigenvalue weighted by Crippen LogP contribution is 2.61. The molecule has 0 atom stereocenters. The first-order valence-electron chi connectivity index (χ1n) is 11.2. The summed E-state index contributed by atoms with van der Waals surface area (Å²) >= 11 is 0. The first-order valence-corrected chi connectivity index (χ1v) is 11.2. The second-order valence-electron chi connectivity index (χ2n) is 10.5. The van der Waals surface area contributed by atoms with Gasteiger partial charge in [0, 0.05) is 38.6 Å². The van der Waals surface area contributed by atoms with Crippen LogP contribution in [0, 0.1) is 23.2 Å². The molecule has 1 saturated heterocycles. The van der Waals surface area contributed by atoms with E-state index in [9.17, 15) is 4.79 Å². The van der Waals surface area contributed by atoms with Gasteiger partial charge in [0.25, 0.3) is 0 Å². The van der Waals surface area contributed by atoms with Gasteiger partial charge in [-0.15, -0.1) is 0 Å². The van der Waals surface area contributed by atoms with Crippen LogP contribution in [0.4, 0.5) is 0 Å². The van der Waals surface area contributed by atoms with Crippen molar-refractivity contribution in [3.05, 3.63) is 35.4 Å². The quantitative estimate of drug-likeness (QED) is 0.813. The number of carbonyl (C=O) groups excluding carboxylic acids is 1. The Bertz CT molecular complexity index is 715. The third kappa shape index (κ3) is 2.85. The highest BCUT2D eigenvalue weighted by molar-refractivity contribution is 5.78. The minimum absolute atomic E-state index is 0.390. The lowest BCUT2D eigenvalue weighted by atomic mass is 9.49. The van der Waals surface area contributed by atoms with Crippen molar-refractivity contribution in [1.29, 1.82) is 0 Å². The number of benzene rings is 1. The average Bonchev–Trinajstić information content (AvgIpc) is 2.58. The third-order valence-corrected chi connectivity index (χ3v) is 8.58.